The first kappa shape index (κ1) is 20.1. The number of carbonyl (C=O) groups excluding carboxylic acids is 2. The van der Waals surface area contributed by atoms with Gasteiger partial charge < -0.3 is 10.2 Å². The topological polar surface area (TPSA) is 49.4 Å². The van der Waals surface area contributed by atoms with Crippen molar-refractivity contribution in [3.05, 3.63) is 70.8 Å². The summed E-state index contributed by atoms with van der Waals surface area (Å²) in [5.74, 6) is 0.156. The Morgan fingerprint density at radius 1 is 1.11 bits per heavy atom. The standard InChI is InChI=1S/C24H30N2O2/c1-4-21(19-9-6-5-7-10-19)22-11-8-12-26(22)23(27)16-25-24(28)20-14-17(2)13-18(3)15-20/h5-7,9-10,13-15,21-22H,4,8,11-12,16H2,1-3H3,(H,25,28)/t21-,22+/m0/s1. The van der Waals surface area contributed by atoms with Crippen molar-refractivity contribution in [3.8, 4) is 0 Å². The first-order chi connectivity index (χ1) is 13.5. The van der Waals surface area contributed by atoms with E-state index in [0.717, 1.165) is 36.9 Å². The lowest BCUT2D eigenvalue weighted by Gasteiger charge is -2.31. The summed E-state index contributed by atoms with van der Waals surface area (Å²) in [4.78, 5) is 27.3. The smallest absolute Gasteiger partial charge is 0.251 e. The van der Waals surface area contributed by atoms with E-state index in [1.165, 1.54) is 5.56 Å². The summed E-state index contributed by atoms with van der Waals surface area (Å²) in [5.41, 5.74) is 3.99. The summed E-state index contributed by atoms with van der Waals surface area (Å²) in [5, 5.41) is 2.82. The molecule has 3 rings (SSSR count). The van der Waals surface area contributed by atoms with E-state index in [1.54, 1.807) is 0 Å². The highest BCUT2D eigenvalue weighted by Gasteiger charge is 2.34. The van der Waals surface area contributed by atoms with Crippen LogP contribution in [0, 0.1) is 13.8 Å². The Morgan fingerprint density at radius 2 is 1.79 bits per heavy atom. The van der Waals surface area contributed by atoms with E-state index in [2.05, 4.69) is 36.5 Å². The van der Waals surface area contributed by atoms with Gasteiger partial charge >= 0.3 is 0 Å². The Balaban J connectivity index is 1.65. The van der Waals surface area contributed by atoms with Gasteiger partial charge in [-0.25, -0.2) is 0 Å². The van der Waals surface area contributed by atoms with Gasteiger partial charge in [-0.05, 0) is 50.8 Å². The van der Waals surface area contributed by atoms with Crippen LogP contribution in [0.1, 0.15) is 59.2 Å². The second kappa shape index (κ2) is 9.05. The van der Waals surface area contributed by atoms with Crippen LogP contribution in [0.4, 0.5) is 0 Å². The number of amides is 2. The molecule has 1 N–H and O–H groups in total. The van der Waals surface area contributed by atoms with E-state index < -0.39 is 0 Å². The zero-order valence-corrected chi connectivity index (χ0v) is 17.1. The van der Waals surface area contributed by atoms with Crippen LogP contribution < -0.4 is 5.32 Å². The van der Waals surface area contributed by atoms with Gasteiger partial charge in [0.15, 0.2) is 0 Å². The van der Waals surface area contributed by atoms with Crippen molar-refractivity contribution in [1.82, 2.24) is 10.2 Å². The lowest BCUT2D eigenvalue weighted by Crippen LogP contribution is -2.44. The Hall–Kier alpha value is -2.62. The molecule has 1 heterocycles. The van der Waals surface area contributed by atoms with Gasteiger partial charge in [0.1, 0.15) is 0 Å². The minimum atomic E-state index is -0.189. The molecular formula is C24H30N2O2. The lowest BCUT2D eigenvalue weighted by molar-refractivity contribution is -0.131. The molecule has 0 saturated carbocycles. The van der Waals surface area contributed by atoms with Crippen molar-refractivity contribution in [2.45, 2.75) is 52.0 Å². The minimum Gasteiger partial charge on any atom is -0.343 e. The average molecular weight is 379 g/mol. The number of hydrogen-bond donors (Lipinski definition) is 1. The number of nitrogens with one attached hydrogen (secondary N) is 1. The van der Waals surface area contributed by atoms with Gasteiger partial charge in [0.2, 0.25) is 5.91 Å². The monoisotopic (exact) mass is 378 g/mol. The fourth-order valence-corrected chi connectivity index (χ4v) is 4.42. The third-order valence-corrected chi connectivity index (χ3v) is 5.64. The second-order valence-corrected chi connectivity index (χ2v) is 7.78. The molecule has 1 aliphatic heterocycles. The molecule has 0 bridgehead atoms. The van der Waals surface area contributed by atoms with E-state index in [1.807, 2.05) is 43.0 Å². The third kappa shape index (κ3) is 4.61. The van der Waals surface area contributed by atoms with Gasteiger partial charge in [0, 0.05) is 24.1 Å². The summed E-state index contributed by atoms with van der Waals surface area (Å²) >= 11 is 0. The molecule has 148 valence electrons. The highest BCUT2D eigenvalue weighted by Crippen LogP contribution is 2.33. The molecule has 0 unspecified atom stereocenters. The molecule has 1 saturated heterocycles. The Bertz CT molecular complexity index is 812. The van der Waals surface area contributed by atoms with E-state index in [4.69, 9.17) is 0 Å². The van der Waals surface area contributed by atoms with Gasteiger partial charge in [0.25, 0.3) is 5.91 Å². The van der Waals surface area contributed by atoms with Crippen molar-refractivity contribution in [2.24, 2.45) is 0 Å². The maximum absolute atomic E-state index is 12.9. The molecule has 1 fully saturated rings. The second-order valence-electron chi connectivity index (χ2n) is 7.78. The van der Waals surface area contributed by atoms with Crippen LogP contribution in [0.3, 0.4) is 0 Å². The van der Waals surface area contributed by atoms with Crippen LogP contribution in [0.25, 0.3) is 0 Å². The number of hydrogen-bond acceptors (Lipinski definition) is 2. The maximum atomic E-state index is 12.9. The minimum absolute atomic E-state index is 0.00889. The van der Waals surface area contributed by atoms with Crippen molar-refractivity contribution in [3.63, 3.8) is 0 Å². The van der Waals surface area contributed by atoms with Crippen LogP contribution >= 0.6 is 0 Å². The molecule has 28 heavy (non-hydrogen) atoms. The zero-order valence-electron chi connectivity index (χ0n) is 17.1. The van der Waals surface area contributed by atoms with Crippen LogP contribution in [0.5, 0.6) is 0 Å². The van der Waals surface area contributed by atoms with Gasteiger partial charge in [-0.2, -0.15) is 0 Å². The molecule has 1 aliphatic rings. The predicted molar refractivity (Wildman–Crippen MR) is 112 cm³/mol. The molecule has 2 aromatic carbocycles. The molecule has 0 spiro atoms. The largest absolute Gasteiger partial charge is 0.343 e. The predicted octanol–water partition coefficient (Wildman–Crippen LogP) is 4.22. The van der Waals surface area contributed by atoms with Crippen LogP contribution in [-0.2, 0) is 4.79 Å². The molecule has 2 atom stereocenters. The molecule has 0 radical (unpaired) electrons. The van der Waals surface area contributed by atoms with Crippen LogP contribution in [0.2, 0.25) is 0 Å². The van der Waals surface area contributed by atoms with Crippen molar-refractivity contribution >= 4 is 11.8 Å². The highest BCUT2D eigenvalue weighted by molar-refractivity contribution is 5.96. The van der Waals surface area contributed by atoms with Gasteiger partial charge in [-0.3, -0.25) is 9.59 Å². The normalized spacial score (nSPS) is 17.4. The Labute approximate surface area is 167 Å². The third-order valence-electron chi connectivity index (χ3n) is 5.64. The maximum Gasteiger partial charge on any atom is 0.251 e. The molecule has 4 heteroatoms. The zero-order chi connectivity index (χ0) is 20.1. The quantitative estimate of drug-likeness (QED) is 0.818. The molecule has 2 aromatic rings. The summed E-state index contributed by atoms with van der Waals surface area (Å²) in [6, 6.07) is 16.4. The average Bonchev–Trinajstić information content (AvgIpc) is 3.16. The Morgan fingerprint density at radius 3 is 2.43 bits per heavy atom. The lowest BCUT2D eigenvalue weighted by atomic mass is 9.87. The SMILES string of the molecule is CC[C@@H](c1ccccc1)[C@H]1CCCN1C(=O)CNC(=O)c1cc(C)cc(C)c1. The fraction of sp³-hybridized carbons (Fsp3) is 0.417. The molecule has 0 aliphatic carbocycles. The van der Waals surface area contributed by atoms with E-state index in [0.29, 0.717) is 11.5 Å². The van der Waals surface area contributed by atoms with Gasteiger partial charge in [-0.15, -0.1) is 0 Å². The number of carbonyl (C=O) groups is 2. The van der Waals surface area contributed by atoms with Gasteiger partial charge in [0.05, 0.1) is 6.54 Å². The summed E-state index contributed by atoms with van der Waals surface area (Å²) in [6.07, 6.45) is 3.03. The van der Waals surface area contributed by atoms with Crippen molar-refractivity contribution < 1.29 is 9.59 Å². The molecule has 4 nitrogen and oxygen atoms in total. The van der Waals surface area contributed by atoms with Crippen molar-refractivity contribution in [2.75, 3.05) is 13.1 Å². The fourth-order valence-electron chi connectivity index (χ4n) is 4.42. The van der Waals surface area contributed by atoms with Crippen LogP contribution in [0.15, 0.2) is 48.5 Å². The number of likely N-dealkylation sites (tertiary alicyclic amines) is 1. The summed E-state index contributed by atoms with van der Waals surface area (Å²) in [7, 11) is 0. The first-order valence-corrected chi connectivity index (χ1v) is 10.2. The summed E-state index contributed by atoms with van der Waals surface area (Å²) in [6.45, 7) is 6.94. The number of aryl methyl sites for hydroxylation is 2. The molecule has 2 amide bonds. The van der Waals surface area contributed by atoms with E-state index in [-0.39, 0.29) is 24.4 Å². The van der Waals surface area contributed by atoms with Gasteiger partial charge in [-0.1, -0.05) is 54.4 Å². The first-order valence-electron chi connectivity index (χ1n) is 10.2. The number of nitrogens with zero attached hydrogens (tertiary/aromatic N) is 1. The highest BCUT2D eigenvalue weighted by atomic mass is 16.2. The van der Waals surface area contributed by atoms with E-state index in [9.17, 15) is 9.59 Å². The molecule has 0 aromatic heterocycles. The van der Waals surface area contributed by atoms with E-state index >= 15 is 0 Å². The van der Waals surface area contributed by atoms with Crippen molar-refractivity contribution in [1.29, 1.82) is 0 Å². The molecular weight excluding hydrogens is 348 g/mol. The van der Waals surface area contributed by atoms with Crippen LogP contribution in [-0.4, -0.2) is 35.8 Å². The summed E-state index contributed by atoms with van der Waals surface area (Å²) < 4.78 is 0. The number of rotatable bonds is 6. The Kier molecular flexibility index (Phi) is 6.50. The number of benzene rings is 2.